The van der Waals surface area contributed by atoms with Crippen molar-refractivity contribution < 1.29 is 24.5 Å². The summed E-state index contributed by atoms with van der Waals surface area (Å²) in [6, 6.07) is 3.22. The van der Waals surface area contributed by atoms with Gasteiger partial charge in [-0.15, -0.1) is 0 Å². The topological polar surface area (TPSA) is 49.9 Å². The van der Waals surface area contributed by atoms with Crippen molar-refractivity contribution in [3.8, 4) is 0 Å². The van der Waals surface area contributed by atoms with Gasteiger partial charge in [-0.05, 0) is 0 Å². The van der Waals surface area contributed by atoms with Gasteiger partial charge >= 0.3 is 51.8 Å². The molecule has 0 unspecified atom stereocenters. The van der Waals surface area contributed by atoms with Crippen LogP contribution in [0.1, 0.15) is 0 Å². The summed E-state index contributed by atoms with van der Waals surface area (Å²) in [5.74, 6) is 0. The Balaban J connectivity index is 3.11. The maximum atomic E-state index is 10.2. The van der Waals surface area contributed by atoms with Crippen LogP contribution < -0.4 is 4.00 Å². The van der Waals surface area contributed by atoms with Crippen molar-refractivity contribution in [2.24, 2.45) is 0 Å². The Bertz CT molecular complexity index is 216. The normalized spacial score (nSPS) is 9.00. The number of rotatable bonds is 1. The number of hydrogen-bond acceptors (Lipinski definition) is 2. The van der Waals surface area contributed by atoms with E-state index in [4.69, 9.17) is 0 Å². The third kappa shape index (κ3) is 1.05. The van der Waals surface area contributed by atoms with Gasteiger partial charge in [0, 0.05) is 0 Å². The van der Waals surface area contributed by atoms with E-state index in [9.17, 15) is 6.65 Å². The summed E-state index contributed by atoms with van der Waals surface area (Å²) in [6.07, 6.45) is 1.60. The van der Waals surface area contributed by atoms with Gasteiger partial charge in [0.2, 0.25) is 0 Å². The van der Waals surface area contributed by atoms with Crippen LogP contribution in [0.3, 0.4) is 0 Å². The molecule has 0 aliphatic carbocycles. The van der Waals surface area contributed by atoms with Gasteiger partial charge in [-0.25, -0.2) is 0 Å². The summed E-state index contributed by atoms with van der Waals surface area (Å²) in [5.41, 5.74) is 0. The molecule has 0 aromatic carbocycles. The first-order chi connectivity index (χ1) is 3.80. The Hall–Kier alpha value is -0.406. The van der Waals surface area contributed by atoms with E-state index in [2.05, 4.69) is 4.98 Å². The number of aromatic amines is 1. The van der Waals surface area contributed by atoms with Gasteiger partial charge in [-0.2, -0.15) is 0 Å². The van der Waals surface area contributed by atoms with E-state index in [-0.39, 0.29) is 0 Å². The van der Waals surface area contributed by atoms with Gasteiger partial charge in [0.05, 0.1) is 0 Å². The van der Waals surface area contributed by atoms with Crippen LogP contribution in [0.25, 0.3) is 0 Å². The van der Waals surface area contributed by atoms with E-state index in [1.807, 2.05) is 0 Å². The van der Waals surface area contributed by atoms with Crippen molar-refractivity contribution in [1.29, 1.82) is 0 Å². The molecule has 4 heteroatoms. The molecule has 8 heavy (non-hydrogen) atoms. The number of nitrogens with one attached hydrogen (secondary N) is 1. The molecule has 0 bridgehead atoms. The van der Waals surface area contributed by atoms with Crippen molar-refractivity contribution >= 4 is 4.00 Å². The van der Waals surface area contributed by atoms with Gasteiger partial charge in [-0.3, -0.25) is 0 Å². The van der Waals surface area contributed by atoms with E-state index in [0.717, 1.165) is 0 Å². The number of aromatic nitrogens is 1. The summed E-state index contributed by atoms with van der Waals surface area (Å²) < 4.78 is 20.7. The average Bonchev–Trinajstić information content (AvgIpc) is 2.12. The van der Waals surface area contributed by atoms with Gasteiger partial charge < -0.3 is 0 Å². The first kappa shape index (κ1) is 5.73. The molecule has 0 saturated carbocycles. The molecule has 0 radical (unpaired) electrons. The molecule has 1 heterocycles. The minimum atomic E-state index is -3.27. The fourth-order valence-electron chi connectivity index (χ4n) is 0.457. The molecule has 1 N–H and O–H groups in total. The molecule has 0 spiro atoms. The average molecular weight is 146 g/mol. The molecular formula is C4H4NO2Ti. The number of H-pyrrole nitrogens is 1. The predicted molar refractivity (Wildman–Crippen MR) is 21.8 cm³/mol. The van der Waals surface area contributed by atoms with E-state index in [1.165, 1.54) is 0 Å². The predicted octanol–water partition coefficient (Wildman–Crippen LogP) is -0.0508. The zero-order chi connectivity index (χ0) is 5.98. The molecule has 0 amide bonds. The molecule has 1 rings (SSSR count). The quantitative estimate of drug-likeness (QED) is 0.564. The van der Waals surface area contributed by atoms with Crippen molar-refractivity contribution in [2.75, 3.05) is 0 Å². The van der Waals surface area contributed by atoms with E-state index >= 15 is 0 Å². The maximum absolute atomic E-state index is 10.2. The monoisotopic (exact) mass is 146 g/mol. The Labute approximate surface area is 52.2 Å². The summed E-state index contributed by atoms with van der Waals surface area (Å²) >= 11 is -3.27. The first-order valence-electron chi connectivity index (χ1n) is 2.15. The molecule has 0 atom stereocenters. The Morgan fingerprint density at radius 2 is 2.25 bits per heavy atom. The zero-order valence-corrected chi connectivity index (χ0v) is 5.61. The second-order valence-corrected chi connectivity index (χ2v) is 3.11. The Morgan fingerprint density at radius 3 is 2.50 bits per heavy atom. The summed E-state index contributed by atoms with van der Waals surface area (Å²) in [6.45, 7) is 0. The Kier molecular flexibility index (Phi) is 1.60. The van der Waals surface area contributed by atoms with Gasteiger partial charge in [0.25, 0.3) is 0 Å². The molecule has 0 fully saturated rings. The second kappa shape index (κ2) is 2.24. The standard InChI is InChI=1S/C4H4N.2O.Ti/c1-2-4-5-3-1;;;/h1-3,5H;;;. The van der Waals surface area contributed by atoms with Crippen LogP contribution >= 0.6 is 0 Å². The third-order valence-electron chi connectivity index (χ3n) is 0.818. The molecule has 0 aliphatic rings. The summed E-state index contributed by atoms with van der Waals surface area (Å²) in [5, 5.41) is 0. The van der Waals surface area contributed by atoms with Gasteiger partial charge in [0.15, 0.2) is 0 Å². The fraction of sp³-hybridized carbons (Fsp3) is 0. The second-order valence-electron chi connectivity index (χ2n) is 1.37. The zero-order valence-electron chi connectivity index (χ0n) is 4.05. The van der Waals surface area contributed by atoms with Crippen LogP contribution in [-0.4, -0.2) is 4.98 Å². The van der Waals surface area contributed by atoms with Crippen LogP contribution in [0.5, 0.6) is 0 Å². The molecule has 3 nitrogen and oxygen atoms in total. The van der Waals surface area contributed by atoms with Gasteiger partial charge in [0.1, 0.15) is 0 Å². The van der Waals surface area contributed by atoms with Gasteiger partial charge in [-0.1, -0.05) is 0 Å². The minimum absolute atomic E-state index is 0.366. The van der Waals surface area contributed by atoms with Crippen LogP contribution in [-0.2, 0) is 24.5 Å². The van der Waals surface area contributed by atoms with E-state index in [1.54, 1.807) is 18.3 Å². The van der Waals surface area contributed by atoms with E-state index < -0.39 is 17.8 Å². The summed E-state index contributed by atoms with van der Waals surface area (Å²) in [4.78, 5) is 2.59. The van der Waals surface area contributed by atoms with Crippen molar-refractivity contribution in [2.45, 2.75) is 0 Å². The van der Waals surface area contributed by atoms with Crippen LogP contribution in [0.4, 0.5) is 0 Å². The molecule has 41 valence electrons. The summed E-state index contributed by atoms with van der Waals surface area (Å²) in [7, 11) is 0. The molecular weight excluding hydrogens is 142 g/mol. The fourth-order valence-corrected chi connectivity index (χ4v) is 1.13. The van der Waals surface area contributed by atoms with E-state index in [0.29, 0.717) is 4.00 Å². The molecule has 0 aliphatic heterocycles. The molecule has 1 aromatic heterocycles. The molecule has 1 aromatic rings. The number of hydrogen-bond donors (Lipinski definition) is 1. The van der Waals surface area contributed by atoms with Crippen LogP contribution in [0.2, 0.25) is 0 Å². The van der Waals surface area contributed by atoms with Crippen molar-refractivity contribution in [3.63, 3.8) is 0 Å². The Morgan fingerprint density at radius 1 is 1.50 bits per heavy atom. The van der Waals surface area contributed by atoms with Crippen LogP contribution in [0, 0.1) is 0 Å². The van der Waals surface area contributed by atoms with Crippen molar-refractivity contribution in [1.82, 2.24) is 4.98 Å². The van der Waals surface area contributed by atoms with Crippen molar-refractivity contribution in [3.05, 3.63) is 18.3 Å². The third-order valence-corrected chi connectivity index (χ3v) is 1.99. The van der Waals surface area contributed by atoms with Crippen LogP contribution in [0.15, 0.2) is 18.3 Å². The molecule has 0 saturated heterocycles. The SMILES string of the molecule is [O]=[Ti](=[O])[c]1ccc[nH]1. The first-order valence-corrected chi connectivity index (χ1v) is 4.21.